The largest absolute Gasteiger partial charge is 0.481 e. The van der Waals surface area contributed by atoms with Crippen molar-refractivity contribution in [2.75, 3.05) is 6.54 Å². The van der Waals surface area contributed by atoms with Gasteiger partial charge < -0.3 is 48.3 Å². The van der Waals surface area contributed by atoms with Gasteiger partial charge in [0.25, 0.3) is 0 Å². The molecule has 1 heterocycles. The van der Waals surface area contributed by atoms with Crippen LogP contribution >= 0.6 is 0 Å². The first-order chi connectivity index (χ1) is 17.8. The van der Waals surface area contributed by atoms with Gasteiger partial charge in [-0.15, -0.1) is 0 Å². The molecule has 0 bridgehead atoms. The van der Waals surface area contributed by atoms with E-state index in [1.54, 1.807) is 0 Å². The van der Waals surface area contributed by atoms with E-state index in [-0.39, 0.29) is 37.7 Å². The van der Waals surface area contributed by atoms with Gasteiger partial charge in [0.1, 0.15) is 18.1 Å². The number of H-pyrrole nitrogens is 1. The number of carboxylic acid groups (broad SMARTS) is 2. The van der Waals surface area contributed by atoms with Crippen LogP contribution in [0.3, 0.4) is 0 Å². The van der Waals surface area contributed by atoms with Crippen molar-refractivity contribution in [2.45, 2.75) is 70.1 Å². The van der Waals surface area contributed by atoms with Gasteiger partial charge in [0.05, 0.1) is 18.8 Å². The first-order valence-corrected chi connectivity index (χ1v) is 11.9. The first-order valence-electron chi connectivity index (χ1n) is 11.9. The van der Waals surface area contributed by atoms with Crippen LogP contribution in [0.1, 0.15) is 45.2 Å². The zero-order chi connectivity index (χ0) is 28.8. The molecule has 0 fully saturated rings. The Hall–Kier alpha value is -4.21. The Kier molecular flexibility index (Phi) is 13.2. The Bertz CT molecular complexity index is 978. The van der Waals surface area contributed by atoms with E-state index in [1.165, 1.54) is 12.5 Å². The number of aromatic amines is 1. The number of rotatable bonds is 17. The van der Waals surface area contributed by atoms with Gasteiger partial charge in [0, 0.05) is 24.9 Å². The Morgan fingerprint density at radius 1 is 1.00 bits per heavy atom. The van der Waals surface area contributed by atoms with Crippen molar-refractivity contribution in [1.82, 2.24) is 25.9 Å². The van der Waals surface area contributed by atoms with Crippen molar-refractivity contribution in [3.8, 4) is 0 Å². The Morgan fingerprint density at radius 3 is 2.13 bits per heavy atom. The minimum atomic E-state index is -1.63. The second-order valence-corrected chi connectivity index (χ2v) is 9.09. The third-order valence-corrected chi connectivity index (χ3v) is 5.25. The number of amides is 3. The summed E-state index contributed by atoms with van der Waals surface area (Å²) in [6.45, 7) is 3.89. The number of imidazole rings is 1. The highest BCUT2D eigenvalue weighted by molar-refractivity contribution is 5.95. The molecule has 1 rings (SSSR count). The van der Waals surface area contributed by atoms with E-state index in [2.05, 4.69) is 30.9 Å². The third-order valence-electron chi connectivity index (χ3n) is 5.25. The van der Waals surface area contributed by atoms with E-state index < -0.39 is 60.2 Å². The van der Waals surface area contributed by atoms with E-state index in [0.717, 1.165) is 0 Å². The molecule has 16 nitrogen and oxygen atoms in total. The molecule has 0 saturated carbocycles. The van der Waals surface area contributed by atoms with Gasteiger partial charge in [-0.25, -0.2) is 9.78 Å². The zero-order valence-electron chi connectivity index (χ0n) is 21.3. The molecule has 0 aromatic carbocycles. The van der Waals surface area contributed by atoms with Gasteiger partial charge in [0.15, 0.2) is 5.96 Å². The second-order valence-electron chi connectivity index (χ2n) is 9.09. The normalized spacial score (nSPS) is 14.0. The molecule has 16 heteroatoms. The lowest BCUT2D eigenvalue weighted by Crippen LogP contribution is -2.57. The molecule has 12 N–H and O–H groups in total. The lowest BCUT2D eigenvalue weighted by atomic mass is 10.0. The van der Waals surface area contributed by atoms with Crippen molar-refractivity contribution in [2.24, 2.45) is 28.1 Å². The monoisotopic (exact) mass is 539 g/mol. The average Bonchev–Trinajstić information content (AvgIpc) is 3.32. The number of hydrogen-bond donors (Lipinski definition) is 9. The number of aliphatic carboxylic acids is 2. The minimum absolute atomic E-state index is 0.0434. The van der Waals surface area contributed by atoms with E-state index in [9.17, 15) is 34.2 Å². The second kappa shape index (κ2) is 15.8. The number of aromatic nitrogens is 2. The standard InChI is InChI=1S/C22H37N9O7/c1-11(2)6-13(23)18(34)29-14(4-3-5-27-22(24)25)19(35)30-15(8-17(32)33)20(36)31-16(21(37)38)7-12-9-26-10-28-12/h9-11,13-16H,3-8,23H2,1-2H3,(H,26,28)(H,29,34)(H,30,35)(H,31,36)(H,32,33)(H,37,38)(H4,24,25,27). The number of nitrogens with two attached hydrogens (primary N) is 3. The first kappa shape index (κ1) is 31.8. The number of carboxylic acids is 2. The van der Waals surface area contributed by atoms with Gasteiger partial charge in [-0.3, -0.25) is 24.2 Å². The number of carbonyl (C=O) groups excluding carboxylic acids is 3. The predicted molar refractivity (Wildman–Crippen MR) is 135 cm³/mol. The predicted octanol–water partition coefficient (Wildman–Crippen LogP) is -2.61. The quantitative estimate of drug-likeness (QED) is 0.0561. The third kappa shape index (κ3) is 12.2. The van der Waals surface area contributed by atoms with Gasteiger partial charge in [-0.2, -0.15) is 0 Å². The van der Waals surface area contributed by atoms with E-state index >= 15 is 0 Å². The van der Waals surface area contributed by atoms with Crippen molar-refractivity contribution >= 4 is 35.6 Å². The van der Waals surface area contributed by atoms with E-state index in [4.69, 9.17) is 17.2 Å². The highest BCUT2D eigenvalue weighted by atomic mass is 16.4. The molecule has 0 saturated heterocycles. The summed E-state index contributed by atoms with van der Waals surface area (Å²) in [6, 6.07) is -5.16. The molecule has 1 aromatic heterocycles. The topological polar surface area (TPSA) is 281 Å². The van der Waals surface area contributed by atoms with Crippen LogP contribution in [-0.4, -0.2) is 86.5 Å². The summed E-state index contributed by atoms with van der Waals surface area (Å²) in [4.78, 5) is 71.8. The van der Waals surface area contributed by atoms with Crippen LogP contribution in [0, 0.1) is 5.92 Å². The average molecular weight is 540 g/mol. The highest BCUT2D eigenvalue weighted by Crippen LogP contribution is 2.07. The summed E-state index contributed by atoms with van der Waals surface area (Å²) >= 11 is 0. The van der Waals surface area contributed by atoms with E-state index in [0.29, 0.717) is 12.1 Å². The maximum Gasteiger partial charge on any atom is 0.326 e. The number of nitrogens with one attached hydrogen (secondary N) is 4. The van der Waals surface area contributed by atoms with Crippen molar-refractivity contribution in [3.05, 3.63) is 18.2 Å². The molecule has 38 heavy (non-hydrogen) atoms. The smallest absolute Gasteiger partial charge is 0.326 e. The number of nitrogens with zero attached hydrogens (tertiary/aromatic N) is 2. The fourth-order valence-electron chi connectivity index (χ4n) is 3.41. The molecule has 0 aliphatic rings. The molecule has 3 amide bonds. The van der Waals surface area contributed by atoms with Gasteiger partial charge in [0.2, 0.25) is 17.7 Å². The highest BCUT2D eigenvalue weighted by Gasteiger charge is 2.31. The molecule has 1 aromatic rings. The maximum absolute atomic E-state index is 13.1. The number of aliphatic imine (C=N–C) groups is 1. The number of guanidine groups is 1. The van der Waals surface area contributed by atoms with Crippen LogP contribution in [0.2, 0.25) is 0 Å². The molecule has 0 radical (unpaired) electrons. The summed E-state index contributed by atoms with van der Waals surface area (Å²) < 4.78 is 0. The molecular weight excluding hydrogens is 502 g/mol. The molecule has 0 aliphatic carbocycles. The van der Waals surface area contributed by atoms with Crippen LogP contribution in [0.5, 0.6) is 0 Å². The summed E-state index contributed by atoms with van der Waals surface area (Å²) in [7, 11) is 0. The van der Waals surface area contributed by atoms with Gasteiger partial charge >= 0.3 is 11.9 Å². The zero-order valence-corrected chi connectivity index (χ0v) is 21.3. The Labute approximate surface area is 219 Å². The molecule has 4 unspecified atom stereocenters. The summed E-state index contributed by atoms with van der Waals surface area (Å²) in [5.41, 5.74) is 16.9. The lowest BCUT2D eigenvalue weighted by molar-refractivity contribution is -0.143. The number of carbonyl (C=O) groups is 5. The molecule has 4 atom stereocenters. The van der Waals surface area contributed by atoms with Crippen LogP contribution in [0.4, 0.5) is 0 Å². The number of hydrogen-bond acceptors (Lipinski definition) is 8. The summed E-state index contributed by atoms with van der Waals surface area (Å²) in [5, 5.41) is 25.8. The molecule has 212 valence electrons. The van der Waals surface area contributed by atoms with Gasteiger partial charge in [-0.1, -0.05) is 13.8 Å². The summed E-state index contributed by atoms with van der Waals surface area (Å²) in [5.74, 6) is -5.34. The van der Waals surface area contributed by atoms with Gasteiger partial charge in [-0.05, 0) is 25.2 Å². The molecule has 0 aliphatic heterocycles. The van der Waals surface area contributed by atoms with Crippen LogP contribution in [0.25, 0.3) is 0 Å². The van der Waals surface area contributed by atoms with Crippen LogP contribution in [-0.2, 0) is 30.4 Å². The summed E-state index contributed by atoms with van der Waals surface area (Å²) in [6.07, 6.45) is 2.36. The van der Waals surface area contributed by atoms with Crippen molar-refractivity contribution < 1.29 is 34.2 Å². The Morgan fingerprint density at radius 2 is 1.61 bits per heavy atom. The molecular formula is C22H37N9O7. The Balaban J connectivity index is 3.02. The minimum Gasteiger partial charge on any atom is -0.481 e. The lowest BCUT2D eigenvalue weighted by Gasteiger charge is -2.24. The fraction of sp³-hybridized carbons (Fsp3) is 0.591. The molecule has 0 spiro atoms. The van der Waals surface area contributed by atoms with E-state index in [1.807, 2.05) is 13.8 Å². The van der Waals surface area contributed by atoms with Crippen LogP contribution < -0.4 is 33.2 Å². The fourth-order valence-corrected chi connectivity index (χ4v) is 3.41. The van der Waals surface area contributed by atoms with Crippen molar-refractivity contribution in [3.63, 3.8) is 0 Å². The van der Waals surface area contributed by atoms with Crippen LogP contribution in [0.15, 0.2) is 17.5 Å². The maximum atomic E-state index is 13.1. The SMILES string of the molecule is CC(C)CC(N)C(=O)NC(CCCN=C(N)N)C(=O)NC(CC(=O)O)C(=O)NC(Cc1cnc[nH]1)C(=O)O. The van der Waals surface area contributed by atoms with Crippen molar-refractivity contribution in [1.29, 1.82) is 0 Å².